The molecular formula is C30H28N4O6. The van der Waals surface area contributed by atoms with Gasteiger partial charge in [0.1, 0.15) is 19.0 Å². The number of carboxylic acid groups (broad SMARTS) is 1. The lowest BCUT2D eigenvalue weighted by atomic mass is 10.1. The van der Waals surface area contributed by atoms with Crippen molar-refractivity contribution in [3.8, 4) is 11.5 Å². The number of hydrogen-bond acceptors (Lipinski definition) is 7. The minimum Gasteiger partial charge on any atom is -0.486 e. The second-order valence-corrected chi connectivity index (χ2v) is 9.44. The Morgan fingerprint density at radius 3 is 2.40 bits per heavy atom. The van der Waals surface area contributed by atoms with Crippen LogP contribution in [0.15, 0.2) is 66.7 Å². The molecule has 1 aromatic heterocycles. The summed E-state index contributed by atoms with van der Waals surface area (Å²) in [6.45, 7) is 3.11. The molecule has 0 atom stereocenters. The molecule has 0 bridgehead atoms. The predicted octanol–water partition coefficient (Wildman–Crippen LogP) is 4.73. The van der Waals surface area contributed by atoms with Crippen LogP contribution in [0.2, 0.25) is 0 Å². The SMILES string of the molecule is Cc1ccc(NC(=O)c2ccc3c(c2)OCCO3)cc1NC(=O)c1ccc2nc(N(C)CCC(=O)O)ccc2c1. The molecule has 204 valence electrons. The number of fused-ring (bicyclic) bond motifs is 2. The number of pyridine rings is 1. The summed E-state index contributed by atoms with van der Waals surface area (Å²) in [4.78, 5) is 43.2. The lowest BCUT2D eigenvalue weighted by Gasteiger charge is -2.18. The van der Waals surface area contributed by atoms with Gasteiger partial charge in [-0.25, -0.2) is 4.98 Å². The largest absolute Gasteiger partial charge is 0.486 e. The summed E-state index contributed by atoms with van der Waals surface area (Å²) < 4.78 is 11.1. The van der Waals surface area contributed by atoms with E-state index in [1.165, 1.54) is 0 Å². The number of amides is 2. The molecule has 3 aromatic carbocycles. The lowest BCUT2D eigenvalue weighted by molar-refractivity contribution is -0.136. The normalized spacial score (nSPS) is 12.1. The first-order valence-corrected chi connectivity index (χ1v) is 12.7. The molecule has 1 aliphatic heterocycles. The molecule has 4 aromatic rings. The minimum absolute atomic E-state index is 0.0119. The molecule has 0 fully saturated rings. The molecule has 2 amide bonds. The van der Waals surface area contributed by atoms with Crippen molar-refractivity contribution in [1.29, 1.82) is 0 Å². The highest BCUT2D eigenvalue weighted by Crippen LogP contribution is 2.31. The number of benzene rings is 3. The summed E-state index contributed by atoms with van der Waals surface area (Å²) in [5.41, 5.74) is 3.50. The van der Waals surface area contributed by atoms with Gasteiger partial charge in [-0.15, -0.1) is 0 Å². The van der Waals surface area contributed by atoms with Gasteiger partial charge in [0.25, 0.3) is 11.8 Å². The van der Waals surface area contributed by atoms with E-state index in [0.29, 0.717) is 65.1 Å². The van der Waals surface area contributed by atoms with Gasteiger partial charge >= 0.3 is 5.97 Å². The molecule has 3 N–H and O–H groups in total. The number of ether oxygens (including phenoxy) is 2. The average molecular weight is 541 g/mol. The first-order valence-electron chi connectivity index (χ1n) is 12.7. The van der Waals surface area contributed by atoms with Crippen LogP contribution >= 0.6 is 0 Å². The number of aliphatic carboxylic acids is 1. The van der Waals surface area contributed by atoms with Crippen LogP contribution in [0.25, 0.3) is 10.9 Å². The second-order valence-electron chi connectivity index (χ2n) is 9.44. The van der Waals surface area contributed by atoms with Crippen molar-refractivity contribution in [3.63, 3.8) is 0 Å². The van der Waals surface area contributed by atoms with Gasteiger partial charge in [-0.3, -0.25) is 14.4 Å². The number of carboxylic acids is 1. The number of nitrogens with one attached hydrogen (secondary N) is 2. The third-order valence-corrected chi connectivity index (χ3v) is 6.54. The number of carbonyl (C=O) groups is 3. The Kier molecular flexibility index (Phi) is 7.50. The number of hydrogen-bond donors (Lipinski definition) is 3. The number of nitrogens with zero attached hydrogens (tertiary/aromatic N) is 2. The van der Waals surface area contributed by atoms with Crippen LogP contribution in [-0.2, 0) is 4.79 Å². The Labute approximate surface area is 230 Å². The number of anilines is 3. The Morgan fingerprint density at radius 1 is 0.875 bits per heavy atom. The Morgan fingerprint density at radius 2 is 1.60 bits per heavy atom. The Balaban J connectivity index is 1.28. The predicted molar refractivity (Wildman–Crippen MR) is 152 cm³/mol. The summed E-state index contributed by atoms with van der Waals surface area (Å²) in [6, 6.07) is 19.2. The fraction of sp³-hybridized carbons (Fsp3) is 0.200. The molecule has 0 saturated heterocycles. The number of rotatable bonds is 8. The van der Waals surface area contributed by atoms with Crippen LogP contribution in [-0.4, -0.2) is 54.7 Å². The highest BCUT2D eigenvalue weighted by Gasteiger charge is 2.16. The van der Waals surface area contributed by atoms with Gasteiger partial charge in [-0.1, -0.05) is 6.07 Å². The molecule has 10 heteroatoms. The number of aryl methyl sites for hydroxylation is 1. The van der Waals surface area contributed by atoms with E-state index in [9.17, 15) is 14.4 Å². The maximum atomic E-state index is 13.1. The van der Waals surface area contributed by atoms with Crippen LogP contribution in [0.3, 0.4) is 0 Å². The summed E-state index contributed by atoms with van der Waals surface area (Å²) >= 11 is 0. The lowest BCUT2D eigenvalue weighted by Crippen LogP contribution is -2.21. The van der Waals surface area contributed by atoms with Crippen molar-refractivity contribution < 1.29 is 29.0 Å². The molecule has 0 radical (unpaired) electrons. The summed E-state index contributed by atoms with van der Waals surface area (Å²) in [5, 5.41) is 15.5. The van der Waals surface area contributed by atoms with Gasteiger partial charge in [0.15, 0.2) is 11.5 Å². The fourth-order valence-electron chi connectivity index (χ4n) is 4.26. The van der Waals surface area contributed by atoms with Crippen molar-refractivity contribution in [1.82, 2.24) is 4.98 Å². The van der Waals surface area contributed by atoms with Gasteiger partial charge in [0, 0.05) is 41.5 Å². The quantitative estimate of drug-likeness (QED) is 0.293. The highest BCUT2D eigenvalue weighted by molar-refractivity contribution is 6.08. The molecule has 0 saturated carbocycles. The van der Waals surface area contributed by atoms with Gasteiger partial charge in [-0.2, -0.15) is 0 Å². The van der Waals surface area contributed by atoms with Gasteiger partial charge in [0.2, 0.25) is 0 Å². The molecule has 0 aliphatic carbocycles. The van der Waals surface area contributed by atoms with Gasteiger partial charge in [0.05, 0.1) is 11.9 Å². The topological polar surface area (TPSA) is 130 Å². The monoisotopic (exact) mass is 540 g/mol. The molecule has 1 aliphatic rings. The van der Waals surface area contributed by atoms with Gasteiger partial charge in [-0.05, 0) is 73.2 Å². The number of aromatic nitrogens is 1. The second kappa shape index (κ2) is 11.3. The van der Waals surface area contributed by atoms with Crippen LogP contribution in [0, 0.1) is 6.92 Å². The highest BCUT2D eigenvalue weighted by atomic mass is 16.6. The Hall–Kier alpha value is -5.12. The maximum Gasteiger partial charge on any atom is 0.305 e. The van der Waals surface area contributed by atoms with E-state index in [2.05, 4.69) is 15.6 Å². The van der Waals surface area contributed by atoms with Crippen LogP contribution in [0.4, 0.5) is 17.2 Å². The molecule has 2 heterocycles. The first kappa shape index (κ1) is 26.5. The third-order valence-electron chi connectivity index (χ3n) is 6.54. The minimum atomic E-state index is -0.869. The van der Waals surface area contributed by atoms with Crippen LogP contribution < -0.4 is 25.0 Å². The third kappa shape index (κ3) is 5.96. The van der Waals surface area contributed by atoms with Crippen molar-refractivity contribution in [2.45, 2.75) is 13.3 Å². The summed E-state index contributed by atoms with van der Waals surface area (Å²) in [7, 11) is 1.79. The van der Waals surface area contributed by atoms with Crippen LogP contribution in [0.1, 0.15) is 32.7 Å². The zero-order valence-corrected chi connectivity index (χ0v) is 22.1. The molecule has 0 unspecified atom stereocenters. The molecule has 40 heavy (non-hydrogen) atoms. The smallest absolute Gasteiger partial charge is 0.305 e. The average Bonchev–Trinajstić information content (AvgIpc) is 2.96. The standard InChI is InChI=1S/C30H28N4O6/c1-18-3-7-22(31-29(37)21-5-9-25-26(16-21)40-14-13-39-25)17-24(18)33-30(38)20-4-8-23-19(15-20)6-10-27(32-23)34(2)12-11-28(35)36/h3-10,15-17H,11-14H2,1-2H3,(H,31,37)(H,33,38)(H,35,36). The van der Waals surface area contributed by atoms with E-state index < -0.39 is 5.97 Å². The molecule has 0 spiro atoms. The maximum absolute atomic E-state index is 13.1. The summed E-state index contributed by atoms with van der Waals surface area (Å²) in [5.74, 6) is 0.304. The van der Waals surface area contributed by atoms with E-state index in [-0.39, 0.29) is 18.2 Å². The van der Waals surface area contributed by atoms with Crippen LogP contribution in [0.5, 0.6) is 11.5 Å². The van der Waals surface area contributed by atoms with Crippen molar-refractivity contribution in [2.75, 3.05) is 42.3 Å². The molecular weight excluding hydrogens is 512 g/mol. The fourth-order valence-corrected chi connectivity index (χ4v) is 4.26. The van der Waals surface area contributed by atoms with E-state index >= 15 is 0 Å². The van der Waals surface area contributed by atoms with E-state index in [1.807, 2.05) is 19.1 Å². The van der Waals surface area contributed by atoms with E-state index in [1.54, 1.807) is 66.5 Å². The van der Waals surface area contributed by atoms with Crippen molar-refractivity contribution in [3.05, 3.63) is 83.4 Å². The Bertz CT molecular complexity index is 1620. The number of carbonyl (C=O) groups excluding carboxylic acids is 2. The first-order chi connectivity index (χ1) is 19.3. The van der Waals surface area contributed by atoms with E-state index in [0.717, 1.165) is 10.9 Å². The van der Waals surface area contributed by atoms with Gasteiger partial charge < -0.3 is 30.1 Å². The molecule has 5 rings (SSSR count). The van der Waals surface area contributed by atoms with Crippen molar-refractivity contribution in [2.24, 2.45) is 0 Å². The van der Waals surface area contributed by atoms with Crippen molar-refractivity contribution >= 4 is 45.9 Å². The molecule has 10 nitrogen and oxygen atoms in total. The zero-order valence-electron chi connectivity index (χ0n) is 22.1. The zero-order chi connectivity index (χ0) is 28.2. The summed E-state index contributed by atoms with van der Waals surface area (Å²) in [6.07, 6.45) is 0.0119. The van der Waals surface area contributed by atoms with E-state index in [4.69, 9.17) is 14.6 Å².